The van der Waals surface area contributed by atoms with Crippen molar-refractivity contribution < 1.29 is 24.3 Å². The van der Waals surface area contributed by atoms with Crippen LogP contribution in [0.5, 0.6) is 0 Å². The number of carbonyl (C=O) groups excluding carboxylic acids is 3. The molecule has 0 aromatic rings. The Kier molecular flexibility index (Phi) is 5.26. The molecule has 0 amide bonds. The normalized spacial score (nSPS) is 46.7. The van der Waals surface area contributed by atoms with Crippen LogP contribution in [0.15, 0.2) is 0 Å². The molecule has 0 aromatic carbocycles. The molecule has 0 aromatic heterocycles. The Balaban J connectivity index is 1.72. The Morgan fingerprint density at radius 2 is 1.77 bits per heavy atom. The average molecular weight is 417 g/mol. The second-order valence-electron chi connectivity index (χ2n) is 11.2. The van der Waals surface area contributed by atoms with Crippen LogP contribution in [0.3, 0.4) is 0 Å². The highest BCUT2D eigenvalue weighted by Gasteiger charge is 2.67. The van der Waals surface area contributed by atoms with Crippen LogP contribution in [0.25, 0.3) is 0 Å². The van der Waals surface area contributed by atoms with Crippen molar-refractivity contribution in [2.24, 2.45) is 52.3 Å². The van der Waals surface area contributed by atoms with E-state index in [1.54, 1.807) is 0 Å². The summed E-state index contributed by atoms with van der Waals surface area (Å²) in [5.74, 6) is -1.96. The van der Waals surface area contributed by atoms with Gasteiger partial charge in [0.25, 0.3) is 0 Å². The van der Waals surface area contributed by atoms with Crippen molar-refractivity contribution in [1.82, 2.24) is 0 Å². The van der Waals surface area contributed by atoms with E-state index >= 15 is 0 Å². The van der Waals surface area contributed by atoms with Crippen LogP contribution in [-0.4, -0.2) is 28.4 Å². The van der Waals surface area contributed by atoms with Gasteiger partial charge in [-0.25, -0.2) is 0 Å². The number of fused-ring (bicyclic) bond motifs is 5. The van der Waals surface area contributed by atoms with Crippen LogP contribution in [0.1, 0.15) is 79.1 Å². The van der Waals surface area contributed by atoms with Gasteiger partial charge in [-0.3, -0.25) is 19.2 Å². The zero-order chi connectivity index (χ0) is 22.0. The Bertz CT molecular complexity index is 786. The third-order valence-electron chi connectivity index (χ3n) is 10.0. The molecule has 0 heterocycles. The van der Waals surface area contributed by atoms with Crippen LogP contribution < -0.4 is 0 Å². The molecular weight excluding hydrogens is 380 g/mol. The van der Waals surface area contributed by atoms with Crippen LogP contribution in [0.2, 0.25) is 0 Å². The molecule has 2 unspecified atom stereocenters. The minimum Gasteiger partial charge on any atom is -0.481 e. The molecule has 0 spiro atoms. The highest BCUT2D eigenvalue weighted by Crippen LogP contribution is 2.66. The second-order valence-corrected chi connectivity index (χ2v) is 11.2. The Morgan fingerprint density at radius 1 is 1.07 bits per heavy atom. The van der Waals surface area contributed by atoms with Crippen molar-refractivity contribution in [2.45, 2.75) is 79.1 Å². The number of rotatable bonds is 4. The van der Waals surface area contributed by atoms with Gasteiger partial charge < -0.3 is 5.11 Å². The molecular formula is C25H36O5. The summed E-state index contributed by atoms with van der Waals surface area (Å²) in [6.45, 7) is 8.61. The van der Waals surface area contributed by atoms with E-state index in [4.69, 9.17) is 0 Å². The summed E-state index contributed by atoms with van der Waals surface area (Å²) in [5, 5.41) is 9.73. The van der Waals surface area contributed by atoms with Gasteiger partial charge in [0.2, 0.25) is 0 Å². The molecule has 5 nitrogen and oxygen atoms in total. The molecule has 166 valence electrons. The number of hydrogen-bond donors (Lipinski definition) is 1. The van der Waals surface area contributed by atoms with E-state index in [1.165, 1.54) is 0 Å². The maximum absolute atomic E-state index is 13.7. The van der Waals surface area contributed by atoms with Crippen molar-refractivity contribution in [3.05, 3.63) is 0 Å². The fourth-order valence-corrected chi connectivity index (χ4v) is 8.46. The summed E-state index contributed by atoms with van der Waals surface area (Å²) >= 11 is 0. The van der Waals surface area contributed by atoms with Crippen LogP contribution in [-0.2, 0) is 19.2 Å². The van der Waals surface area contributed by atoms with Gasteiger partial charge >= 0.3 is 5.97 Å². The Morgan fingerprint density at radius 3 is 2.40 bits per heavy atom. The maximum Gasteiger partial charge on any atom is 0.314 e. The minimum atomic E-state index is -1.11. The Hall–Kier alpha value is -1.52. The van der Waals surface area contributed by atoms with Gasteiger partial charge in [0, 0.05) is 30.6 Å². The standard InChI is InChI=1S/C25H36O5/c1-5-6-13(2)14-7-8-15-21-17(12-20(28)25(14,15)4)24(3)10-9-18(26)22(23(29)30)16(24)11-19(21)27/h13-17,21-22H,5-12H2,1-4H3,(H,29,30)/t13-,14-,15+,16?,17+,21+,22?,24+,25-/m1/s1. The molecule has 4 saturated carbocycles. The zero-order valence-electron chi connectivity index (χ0n) is 18.8. The molecule has 4 aliphatic rings. The lowest BCUT2D eigenvalue weighted by atomic mass is 9.42. The summed E-state index contributed by atoms with van der Waals surface area (Å²) < 4.78 is 0. The SMILES string of the molecule is CCC[C@@H](C)[C@H]1CC[C@H]2[C@@H]3C(=O)CC4C(C(=O)O)C(=O)CC[C@]4(C)[C@H]3CC(=O)[C@]12C. The molecule has 5 heteroatoms. The van der Waals surface area contributed by atoms with Gasteiger partial charge in [-0.05, 0) is 54.3 Å². The van der Waals surface area contributed by atoms with E-state index in [1.807, 2.05) is 0 Å². The fourth-order valence-electron chi connectivity index (χ4n) is 8.46. The largest absolute Gasteiger partial charge is 0.481 e. The van der Waals surface area contributed by atoms with E-state index in [9.17, 15) is 24.3 Å². The molecule has 30 heavy (non-hydrogen) atoms. The number of Topliss-reactive ketones (excluding diaryl/α,β-unsaturated/α-hetero) is 3. The van der Waals surface area contributed by atoms with Crippen molar-refractivity contribution >= 4 is 23.3 Å². The molecule has 0 saturated heterocycles. The summed E-state index contributed by atoms with van der Waals surface area (Å²) in [6.07, 6.45) is 5.50. The molecule has 0 radical (unpaired) electrons. The predicted octanol–water partition coefficient (Wildman–Crippen LogP) is 4.32. The predicted molar refractivity (Wildman–Crippen MR) is 112 cm³/mol. The lowest BCUT2D eigenvalue weighted by Gasteiger charge is -2.59. The van der Waals surface area contributed by atoms with E-state index in [0.29, 0.717) is 24.7 Å². The van der Waals surface area contributed by atoms with E-state index < -0.39 is 28.6 Å². The number of hydrogen-bond acceptors (Lipinski definition) is 4. The summed E-state index contributed by atoms with van der Waals surface area (Å²) in [7, 11) is 0. The molecule has 0 bridgehead atoms. The van der Waals surface area contributed by atoms with E-state index in [2.05, 4.69) is 27.7 Å². The minimum absolute atomic E-state index is 0.0687. The number of ketones is 3. The molecule has 4 rings (SSSR count). The summed E-state index contributed by atoms with van der Waals surface area (Å²) in [5.41, 5.74) is -0.870. The van der Waals surface area contributed by atoms with Crippen molar-refractivity contribution in [2.75, 3.05) is 0 Å². The van der Waals surface area contributed by atoms with Gasteiger partial charge in [-0.15, -0.1) is 0 Å². The van der Waals surface area contributed by atoms with Crippen LogP contribution >= 0.6 is 0 Å². The van der Waals surface area contributed by atoms with Gasteiger partial charge in [-0.1, -0.05) is 40.5 Å². The maximum atomic E-state index is 13.7. The van der Waals surface area contributed by atoms with Crippen LogP contribution in [0, 0.1) is 52.3 Å². The molecule has 1 N–H and O–H groups in total. The molecule has 4 fully saturated rings. The molecule has 4 aliphatic carbocycles. The van der Waals surface area contributed by atoms with Crippen LogP contribution in [0.4, 0.5) is 0 Å². The third kappa shape index (κ3) is 2.79. The van der Waals surface area contributed by atoms with Gasteiger partial charge in [0.15, 0.2) is 0 Å². The fraction of sp³-hybridized carbons (Fsp3) is 0.840. The number of carboxylic acid groups (broad SMARTS) is 1. The first kappa shape index (κ1) is 21.7. The average Bonchev–Trinajstić information content (AvgIpc) is 3.02. The van der Waals surface area contributed by atoms with E-state index in [0.717, 1.165) is 25.7 Å². The zero-order valence-corrected chi connectivity index (χ0v) is 18.8. The first-order valence-electron chi connectivity index (χ1n) is 11.9. The third-order valence-corrected chi connectivity index (χ3v) is 10.0. The van der Waals surface area contributed by atoms with Gasteiger partial charge in [-0.2, -0.15) is 0 Å². The van der Waals surface area contributed by atoms with Crippen molar-refractivity contribution in [1.29, 1.82) is 0 Å². The summed E-state index contributed by atoms with van der Waals surface area (Å²) in [4.78, 5) is 51.5. The quantitative estimate of drug-likeness (QED) is 0.690. The highest BCUT2D eigenvalue weighted by atomic mass is 16.4. The van der Waals surface area contributed by atoms with Crippen molar-refractivity contribution in [3.8, 4) is 0 Å². The molecule has 0 aliphatic heterocycles. The topological polar surface area (TPSA) is 88.5 Å². The monoisotopic (exact) mass is 416 g/mol. The smallest absolute Gasteiger partial charge is 0.314 e. The van der Waals surface area contributed by atoms with Crippen molar-refractivity contribution in [3.63, 3.8) is 0 Å². The van der Waals surface area contributed by atoms with Gasteiger partial charge in [0.05, 0.1) is 0 Å². The lowest BCUT2D eigenvalue weighted by molar-refractivity contribution is -0.175. The number of carbonyl (C=O) groups is 4. The summed E-state index contributed by atoms with van der Waals surface area (Å²) in [6, 6.07) is 0. The lowest BCUT2D eigenvalue weighted by Crippen LogP contribution is -2.62. The van der Waals surface area contributed by atoms with E-state index in [-0.39, 0.29) is 47.9 Å². The first-order chi connectivity index (χ1) is 14.1. The van der Waals surface area contributed by atoms with Gasteiger partial charge in [0.1, 0.15) is 23.3 Å². The number of carboxylic acids is 1. The number of aliphatic carboxylic acids is 1. The highest BCUT2D eigenvalue weighted by molar-refractivity contribution is 6.01. The first-order valence-corrected chi connectivity index (χ1v) is 11.9. The molecule has 9 atom stereocenters. The second kappa shape index (κ2) is 7.27. The Labute approximate surface area is 179 Å².